The van der Waals surface area contributed by atoms with Crippen LogP contribution in [-0.4, -0.2) is 20.6 Å². The molecule has 0 spiro atoms. The molecule has 1 amide bonds. The summed E-state index contributed by atoms with van der Waals surface area (Å²) >= 11 is 5.88. The minimum Gasteiger partial charge on any atom is -0.346 e. The third kappa shape index (κ3) is 5.26. The van der Waals surface area contributed by atoms with E-state index in [-0.39, 0.29) is 11.9 Å². The van der Waals surface area contributed by atoms with E-state index in [1.807, 2.05) is 13.0 Å². The summed E-state index contributed by atoms with van der Waals surface area (Å²) in [6.45, 7) is 1.82. The molecule has 2 rings (SSSR count). The van der Waals surface area contributed by atoms with Crippen molar-refractivity contribution in [3.05, 3.63) is 64.7 Å². The van der Waals surface area contributed by atoms with Crippen molar-refractivity contribution >= 4 is 33.2 Å². The summed E-state index contributed by atoms with van der Waals surface area (Å²) in [5, 5.41) is 3.35. The van der Waals surface area contributed by atoms with E-state index in [1.165, 1.54) is 0 Å². The molecule has 0 fully saturated rings. The third-order valence-corrected chi connectivity index (χ3v) is 3.97. The zero-order valence-electron chi connectivity index (χ0n) is 12.7. The predicted molar refractivity (Wildman–Crippen MR) is 92.2 cm³/mol. The topological polar surface area (TPSA) is 75.3 Å². The van der Waals surface area contributed by atoms with Crippen LogP contribution in [0.3, 0.4) is 0 Å². The molecule has 0 saturated heterocycles. The predicted octanol–water partition coefficient (Wildman–Crippen LogP) is 3.20. The van der Waals surface area contributed by atoms with Crippen molar-refractivity contribution in [3.63, 3.8) is 0 Å². The van der Waals surface area contributed by atoms with Crippen LogP contribution in [0.25, 0.3) is 0 Å². The van der Waals surface area contributed by atoms with Crippen LogP contribution in [0.15, 0.2) is 48.5 Å². The minimum absolute atomic E-state index is 0.249. The summed E-state index contributed by atoms with van der Waals surface area (Å²) < 4.78 is 25.0. The van der Waals surface area contributed by atoms with Gasteiger partial charge in [0.1, 0.15) is 0 Å². The first-order valence-electron chi connectivity index (χ1n) is 6.89. The highest BCUT2D eigenvalue weighted by atomic mass is 35.5. The fourth-order valence-electron chi connectivity index (χ4n) is 2.08. The molecule has 5 nitrogen and oxygen atoms in total. The molecule has 7 heteroatoms. The number of halogens is 1. The van der Waals surface area contributed by atoms with Gasteiger partial charge in [-0.1, -0.05) is 29.8 Å². The smallest absolute Gasteiger partial charge is 0.251 e. The summed E-state index contributed by atoms with van der Waals surface area (Å²) in [4.78, 5) is 12.2. The van der Waals surface area contributed by atoms with Crippen molar-refractivity contribution < 1.29 is 13.2 Å². The van der Waals surface area contributed by atoms with E-state index in [4.69, 9.17) is 11.6 Å². The third-order valence-electron chi connectivity index (χ3n) is 3.12. The Kier molecular flexibility index (Phi) is 5.28. The Morgan fingerprint density at radius 3 is 2.48 bits per heavy atom. The number of hydrogen-bond acceptors (Lipinski definition) is 3. The molecule has 0 aliphatic heterocycles. The van der Waals surface area contributed by atoms with Crippen molar-refractivity contribution in [2.75, 3.05) is 11.0 Å². The first-order chi connectivity index (χ1) is 10.7. The summed E-state index contributed by atoms with van der Waals surface area (Å²) in [6, 6.07) is 13.3. The average Bonchev–Trinajstić information content (AvgIpc) is 2.45. The largest absolute Gasteiger partial charge is 0.346 e. The number of hydrogen-bond donors (Lipinski definition) is 2. The second-order valence-electron chi connectivity index (χ2n) is 5.21. The number of rotatable bonds is 5. The van der Waals surface area contributed by atoms with Gasteiger partial charge in [0.15, 0.2) is 0 Å². The van der Waals surface area contributed by atoms with Gasteiger partial charge < -0.3 is 5.32 Å². The van der Waals surface area contributed by atoms with Gasteiger partial charge >= 0.3 is 0 Å². The first kappa shape index (κ1) is 17.3. The van der Waals surface area contributed by atoms with Crippen LogP contribution in [0.4, 0.5) is 5.69 Å². The molecule has 2 aromatic carbocycles. The van der Waals surface area contributed by atoms with Gasteiger partial charge in [-0.3, -0.25) is 9.52 Å². The van der Waals surface area contributed by atoms with E-state index in [9.17, 15) is 13.2 Å². The number of nitrogens with one attached hydrogen (secondary N) is 2. The number of carbonyl (C=O) groups is 1. The molecule has 1 atom stereocenters. The number of carbonyl (C=O) groups excluding carboxylic acids is 1. The molecule has 0 aromatic heterocycles. The Morgan fingerprint density at radius 2 is 1.83 bits per heavy atom. The zero-order chi connectivity index (χ0) is 17.0. The molecule has 2 aromatic rings. The van der Waals surface area contributed by atoms with Gasteiger partial charge in [-0.2, -0.15) is 0 Å². The van der Waals surface area contributed by atoms with Crippen molar-refractivity contribution in [2.24, 2.45) is 0 Å². The molecular weight excluding hydrogens is 336 g/mol. The summed E-state index contributed by atoms with van der Waals surface area (Å²) in [7, 11) is -3.34. The average molecular weight is 353 g/mol. The van der Waals surface area contributed by atoms with Gasteiger partial charge in [-0.25, -0.2) is 8.42 Å². The van der Waals surface area contributed by atoms with Crippen molar-refractivity contribution in [1.29, 1.82) is 0 Å². The van der Waals surface area contributed by atoms with Gasteiger partial charge in [0.2, 0.25) is 10.0 Å². The normalized spacial score (nSPS) is 12.5. The molecule has 0 radical (unpaired) electrons. The molecule has 0 heterocycles. The van der Waals surface area contributed by atoms with E-state index >= 15 is 0 Å². The maximum Gasteiger partial charge on any atom is 0.251 e. The SMILES string of the molecule is C[C@H](NC(=O)c1cccc(Cl)c1)c1cccc(NS(C)(=O)=O)c1. The lowest BCUT2D eigenvalue weighted by Crippen LogP contribution is -2.26. The molecule has 0 bridgehead atoms. The molecule has 0 unspecified atom stereocenters. The Hall–Kier alpha value is -2.05. The number of anilines is 1. The van der Waals surface area contributed by atoms with Crippen LogP contribution in [0.5, 0.6) is 0 Å². The van der Waals surface area contributed by atoms with Gasteiger partial charge in [0, 0.05) is 16.3 Å². The molecule has 0 aliphatic rings. The van der Waals surface area contributed by atoms with Crippen molar-refractivity contribution in [2.45, 2.75) is 13.0 Å². The zero-order valence-corrected chi connectivity index (χ0v) is 14.3. The molecular formula is C16H17ClN2O3S. The highest BCUT2D eigenvalue weighted by molar-refractivity contribution is 7.92. The summed E-state index contributed by atoms with van der Waals surface area (Å²) in [6.07, 6.45) is 1.09. The highest BCUT2D eigenvalue weighted by Crippen LogP contribution is 2.19. The fourth-order valence-corrected chi connectivity index (χ4v) is 2.82. The molecule has 23 heavy (non-hydrogen) atoms. The van der Waals surface area contributed by atoms with E-state index in [0.29, 0.717) is 16.3 Å². The standard InChI is InChI=1S/C16H17ClN2O3S/c1-11(18-16(20)13-6-3-7-14(17)9-13)12-5-4-8-15(10-12)19-23(2,21)22/h3-11,19H,1-2H3,(H,18,20)/t11-/m0/s1. The van der Waals surface area contributed by atoms with E-state index < -0.39 is 10.0 Å². The van der Waals surface area contributed by atoms with Crippen LogP contribution in [-0.2, 0) is 10.0 Å². The second kappa shape index (κ2) is 7.02. The summed E-state index contributed by atoms with van der Waals surface area (Å²) in [5.41, 5.74) is 1.71. The first-order valence-corrected chi connectivity index (χ1v) is 9.16. The number of benzene rings is 2. The van der Waals surface area contributed by atoms with E-state index in [0.717, 1.165) is 11.8 Å². The molecule has 0 aliphatic carbocycles. The van der Waals surface area contributed by atoms with Crippen LogP contribution >= 0.6 is 11.6 Å². The summed E-state index contributed by atoms with van der Waals surface area (Å²) in [5.74, 6) is -0.249. The van der Waals surface area contributed by atoms with Crippen molar-refractivity contribution in [3.8, 4) is 0 Å². The lowest BCUT2D eigenvalue weighted by Gasteiger charge is -2.16. The Balaban J connectivity index is 2.13. The highest BCUT2D eigenvalue weighted by Gasteiger charge is 2.12. The van der Waals surface area contributed by atoms with Crippen molar-refractivity contribution in [1.82, 2.24) is 5.32 Å². The van der Waals surface area contributed by atoms with Gasteiger partial charge in [0.05, 0.1) is 12.3 Å². The van der Waals surface area contributed by atoms with Crippen LogP contribution in [0.1, 0.15) is 28.9 Å². The minimum atomic E-state index is -3.34. The van der Waals surface area contributed by atoms with Gasteiger partial charge in [-0.05, 0) is 42.8 Å². The van der Waals surface area contributed by atoms with Crippen LogP contribution < -0.4 is 10.0 Å². The maximum atomic E-state index is 12.2. The molecule has 122 valence electrons. The van der Waals surface area contributed by atoms with E-state index in [2.05, 4.69) is 10.0 Å². The van der Waals surface area contributed by atoms with E-state index in [1.54, 1.807) is 42.5 Å². The molecule has 0 saturated carbocycles. The Bertz CT molecular complexity index is 822. The number of sulfonamides is 1. The van der Waals surface area contributed by atoms with Crippen LogP contribution in [0.2, 0.25) is 5.02 Å². The molecule has 2 N–H and O–H groups in total. The Morgan fingerprint density at radius 1 is 1.13 bits per heavy atom. The Labute approximate surface area is 140 Å². The lowest BCUT2D eigenvalue weighted by molar-refractivity contribution is 0.0940. The maximum absolute atomic E-state index is 12.2. The quantitative estimate of drug-likeness (QED) is 0.867. The number of amides is 1. The van der Waals surface area contributed by atoms with Gasteiger partial charge in [0.25, 0.3) is 5.91 Å². The van der Waals surface area contributed by atoms with Gasteiger partial charge in [-0.15, -0.1) is 0 Å². The second-order valence-corrected chi connectivity index (χ2v) is 7.39. The lowest BCUT2D eigenvalue weighted by atomic mass is 10.1. The fraction of sp³-hybridized carbons (Fsp3) is 0.188. The monoisotopic (exact) mass is 352 g/mol. The van der Waals surface area contributed by atoms with Crippen LogP contribution in [0, 0.1) is 0 Å².